The van der Waals surface area contributed by atoms with E-state index in [0.29, 0.717) is 18.7 Å². The highest BCUT2D eigenvalue weighted by molar-refractivity contribution is 8.00. The van der Waals surface area contributed by atoms with E-state index in [9.17, 15) is 8.42 Å². The van der Waals surface area contributed by atoms with Gasteiger partial charge in [0.15, 0.2) is 5.03 Å². The van der Waals surface area contributed by atoms with Crippen LogP contribution < -0.4 is 0 Å². The summed E-state index contributed by atoms with van der Waals surface area (Å²) in [6.07, 6.45) is 1.35. The predicted molar refractivity (Wildman–Crippen MR) is 69.8 cm³/mol. The van der Waals surface area contributed by atoms with Gasteiger partial charge < -0.3 is 5.11 Å². The first-order chi connectivity index (χ1) is 8.45. The fraction of sp³-hybridized carbons (Fsp3) is 0.700. The van der Waals surface area contributed by atoms with Gasteiger partial charge in [-0.05, 0) is 0 Å². The summed E-state index contributed by atoms with van der Waals surface area (Å²) in [6.45, 7) is 4.67. The number of hydrogen-bond acceptors (Lipinski definition) is 5. The number of hydrogen-bond donors (Lipinski definition) is 2. The zero-order chi connectivity index (χ0) is 13.3. The van der Waals surface area contributed by atoms with E-state index in [1.54, 1.807) is 11.8 Å². The minimum absolute atomic E-state index is 0.0105. The third-order valence-corrected chi connectivity index (χ3v) is 5.91. The third kappa shape index (κ3) is 2.56. The maximum Gasteiger partial charge on any atom is 0.260 e. The zero-order valence-electron chi connectivity index (χ0n) is 10.3. The van der Waals surface area contributed by atoms with E-state index in [2.05, 4.69) is 10.2 Å². The van der Waals surface area contributed by atoms with E-state index in [0.717, 1.165) is 0 Å². The van der Waals surface area contributed by atoms with Gasteiger partial charge in [0.05, 0.1) is 12.8 Å². The van der Waals surface area contributed by atoms with E-state index < -0.39 is 10.0 Å². The van der Waals surface area contributed by atoms with E-state index in [-0.39, 0.29) is 22.1 Å². The topological polar surface area (TPSA) is 86.3 Å². The quantitative estimate of drug-likeness (QED) is 0.843. The molecule has 0 radical (unpaired) electrons. The fourth-order valence-corrected chi connectivity index (χ4v) is 5.32. The molecule has 2 heterocycles. The number of thioether (sulfide) groups is 1. The van der Waals surface area contributed by atoms with E-state index in [1.165, 1.54) is 10.5 Å². The van der Waals surface area contributed by atoms with Crippen molar-refractivity contribution >= 4 is 21.8 Å². The SMILES string of the molecule is CC1CN(S(=O)(=O)c2[nH]ncc2CO)CC(C)S1. The van der Waals surface area contributed by atoms with Crippen LogP contribution >= 0.6 is 11.8 Å². The molecule has 0 amide bonds. The van der Waals surface area contributed by atoms with Crippen LogP contribution in [0.1, 0.15) is 19.4 Å². The number of aliphatic hydroxyl groups excluding tert-OH is 1. The van der Waals surface area contributed by atoms with Gasteiger partial charge in [-0.2, -0.15) is 21.2 Å². The lowest BCUT2D eigenvalue weighted by Crippen LogP contribution is -2.44. The molecule has 0 aliphatic carbocycles. The Kier molecular flexibility index (Phi) is 4.00. The first-order valence-corrected chi connectivity index (χ1v) is 8.12. The molecular formula is C10H17N3O3S2. The fourth-order valence-electron chi connectivity index (χ4n) is 2.09. The normalized spacial score (nSPS) is 26.4. The molecule has 2 unspecified atom stereocenters. The Morgan fingerprint density at radius 2 is 2.11 bits per heavy atom. The molecular weight excluding hydrogens is 274 g/mol. The molecule has 1 fully saturated rings. The average Bonchev–Trinajstić information content (AvgIpc) is 2.76. The number of H-pyrrole nitrogens is 1. The molecule has 0 aromatic carbocycles. The van der Waals surface area contributed by atoms with E-state index >= 15 is 0 Å². The smallest absolute Gasteiger partial charge is 0.260 e. The number of nitrogens with zero attached hydrogens (tertiary/aromatic N) is 2. The highest BCUT2D eigenvalue weighted by atomic mass is 32.2. The Bertz CT molecular complexity index is 504. The van der Waals surface area contributed by atoms with Gasteiger partial charge in [-0.25, -0.2) is 8.42 Å². The molecule has 102 valence electrons. The van der Waals surface area contributed by atoms with E-state index in [4.69, 9.17) is 5.11 Å². The van der Waals surface area contributed by atoms with Crippen molar-refractivity contribution in [3.05, 3.63) is 11.8 Å². The lowest BCUT2D eigenvalue weighted by molar-refractivity contribution is 0.278. The van der Waals surface area contributed by atoms with Crippen LogP contribution in [-0.2, 0) is 16.6 Å². The van der Waals surface area contributed by atoms with Gasteiger partial charge in [-0.1, -0.05) is 13.8 Å². The molecule has 0 spiro atoms. The maximum absolute atomic E-state index is 12.5. The number of nitrogens with one attached hydrogen (secondary N) is 1. The minimum Gasteiger partial charge on any atom is -0.392 e. The van der Waals surface area contributed by atoms with Gasteiger partial charge in [-0.3, -0.25) is 5.10 Å². The van der Waals surface area contributed by atoms with Gasteiger partial charge in [0.25, 0.3) is 10.0 Å². The Labute approximate surface area is 111 Å². The van der Waals surface area contributed by atoms with Gasteiger partial charge in [0, 0.05) is 29.2 Å². The molecule has 18 heavy (non-hydrogen) atoms. The summed E-state index contributed by atoms with van der Waals surface area (Å²) in [7, 11) is -3.59. The Balaban J connectivity index is 2.31. The monoisotopic (exact) mass is 291 g/mol. The Morgan fingerprint density at radius 1 is 1.50 bits per heavy atom. The summed E-state index contributed by atoms with van der Waals surface area (Å²) in [5, 5.41) is 15.8. The van der Waals surface area contributed by atoms with Crippen molar-refractivity contribution in [3.63, 3.8) is 0 Å². The molecule has 1 aromatic rings. The molecule has 1 aromatic heterocycles. The minimum atomic E-state index is -3.59. The summed E-state index contributed by atoms with van der Waals surface area (Å²) >= 11 is 1.79. The van der Waals surface area contributed by atoms with Crippen LogP contribution in [0.5, 0.6) is 0 Å². The highest BCUT2D eigenvalue weighted by Gasteiger charge is 2.34. The van der Waals surface area contributed by atoms with Gasteiger partial charge in [0.2, 0.25) is 0 Å². The second-order valence-corrected chi connectivity index (χ2v) is 8.22. The number of rotatable bonds is 3. The van der Waals surface area contributed by atoms with Crippen LogP contribution in [0.15, 0.2) is 11.2 Å². The lowest BCUT2D eigenvalue weighted by Gasteiger charge is -2.33. The van der Waals surface area contributed by atoms with Gasteiger partial charge in [0.1, 0.15) is 0 Å². The standard InChI is InChI=1S/C10H17N3O3S2/c1-7-4-13(5-8(2)17-7)18(15,16)10-9(6-14)3-11-12-10/h3,7-8,14H,4-6H2,1-2H3,(H,11,12). The summed E-state index contributed by atoms with van der Waals surface area (Å²) in [5.74, 6) is 0. The molecule has 2 N–H and O–H groups in total. The third-order valence-electron chi connectivity index (χ3n) is 2.83. The summed E-state index contributed by atoms with van der Waals surface area (Å²) in [6, 6.07) is 0. The molecule has 0 bridgehead atoms. The van der Waals surface area contributed by atoms with Gasteiger partial charge >= 0.3 is 0 Å². The zero-order valence-corrected chi connectivity index (χ0v) is 12.0. The molecule has 1 aliphatic rings. The second-order valence-electron chi connectivity index (χ2n) is 4.46. The largest absolute Gasteiger partial charge is 0.392 e. The summed E-state index contributed by atoms with van der Waals surface area (Å²) < 4.78 is 26.4. The van der Waals surface area contributed by atoms with Crippen molar-refractivity contribution in [1.29, 1.82) is 0 Å². The number of aromatic amines is 1. The van der Waals surface area contributed by atoms with Crippen molar-refractivity contribution in [3.8, 4) is 0 Å². The molecule has 2 atom stereocenters. The average molecular weight is 291 g/mol. The van der Waals surface area contributed by atoms with Crippen molar-refractivity contribution < 1.29 is 13.5 Å². The van der Waals surface area contributed by atoms with Crippen LogP contribution in [-0.4, -0.2) is 51.6 Å². The first-order valence-electron chi connectivity index (χ1n) is 5.74. The van der Waals surface area contributed by atoms with Crippen molar-refractivity contribution in [2.24, 2.45) is 0 Å². The number of sulfonamides is 1. The molecule has 2 rings (SSSR count). The first kappa shape index (κ1) is 13.9. The molecule has 1 aliphatic heterocycles. The van der Waals surface area contributed by atoms with Crippen LogP contribution in [0.3, 0.4) is 0 Å². The molecule has 1 saturated heterocycles. The van der Waals surface area contributed by atoms with Crippen LogP contribution in [0.25, 0.3) is 0 Å². The van der Waals surface area contributed by atoms with Crippen LogP contribution in [0.4, 0.5) is 0 Å². The van der Waals surface area contributed by atoms with Crippen LogP contribution in [0.2, 0.25) is 0 Å². The van der Waals surface area contributed by atoms with Crippen LogP contribution in [0, 0.1) is 0 Å². The molecule has 0 saturated carbocycles. The van der Waals surface area contributed by atoms with E-state index in [1.807, 2.05) is 13.8 Å². The summed E-state index contributed by atoms with van der Waals surface area (Å²) in [4.78, 5) is 0. The second kappa shape index (κ2) is 5.20. The molecule has 6 nitrogen and oxygen atoms in total. The Morgan fingerprint density at radius 3 is 2.67 bits per heavy atom. The Hall–Kier alpha value is -0.570. The summed E-state index contributed by atoms with van der Waals surface area (Å²) in [5.41, 5.74) is 0.313. The van der Waals surface area contributed by atoms with Crippen molar-refractivity contribution in [2.45, 2.75) is 36.0 Å². The number of aromatic nitrogens is 2. The van der Waals surface area contributed by atoms with Crippen molar-refractivity contribution in [2.75, 3.05) is 13.1 Å². The van der Waals surface area contributed by atoms with Crippen molar-refractivity contribution in [1.82, 2.24) is 14.5 Å². The predicted octanol–water partition coefficient (Wildman–Crippen LogP) is 0.416. The highest BCUT2D eigenvalue weighted by Crippen LogP contribution is 2.29. The number of aliphatic hydroxyl groups is 1. The maximum atomic E-state index is 12.5. The molecule has 8 heteroatoms. The van der Waals surface area contributed by atoms with Gasteiger partial charge in [-0.15, -0.1) is 0 Å². The lowest BCUT2D eigenvalue weighted by atomic mass is 10.4.